The van der Waals surface area contributed by atoms with E-state index in [4.69, 9.17) is 4.43 Å². The Morgan fingerprint density at radius 3 is 1.50 bits per heavy atom. The fourth-order valence-corrected chi connectivity index (χ4v) is 6.18. The van der Waals surface area contributed by atoms with E-state index in [-0.39, 0.29) is 24.4 Å². The van der Waals surface area contributed by atoms with Crippen LogP contribution in [0.15, 0.2) is 60.7 Å². The van der Waals surface area contributed by atoms with Crippen molar-refractivity contribution in [3.8, 4) is 0 Å². The first-order valence-electron chi connectivity index (χ1n) is 10.4. The molecule has 0 radical (unpaired) electrons. The van der Waals surface area contributed by atoms with Gasteiger partial charge in [0.05, 0.1) is 0 Å². The van der Waals surface area contributed by atoms with E-state index in [0.717, 1.165) is 12.8 Å². The summed E-state index contributed by atoms with van der Waals surface area (Å²) >= 11 is 0. The first kappa shape index (κ1) is 24.6. The van der Waals surface area contributed by atoms with Gasteiger partial charge in [-0.1, -0.05) is 60.7 Å². The average Bonchev–Trinajstić information content (AvgIpc) is 2.63. The van der Waals surface area contributed by atoms with Crippen LogP contribution < -0.4 is 6.15 Å². The molecule has 0 aromatic heterocycles. The van der Waals surface area contributed by atoms with Gasteiger partial charge in [-0.15, -0.1) is 0 Å². The molecule has 0 unspecified atom stereocenters. The molecule has 2 aromatic carbocycles. The third-order valence-corrected chi connectivity index (χ3v) is 6.98. The van der Waals surface area contributed by atoms with Crippen molar-refractivity contribution in [2.24, 2.45) is 5.41 Å². The lowest BCUT2D eigenvalue weighted by Crippen LogP contribution is -2.56. The van der Waals surface area contributed by atoms with Crippen molar-refractivity contribution < 1.29 is 17.6 Å². The molecule has 0 bridgehead atoms. The van der Waals surface area contributed by atoms with Crippen molar-refractivity contribution in [3.63, 3.8) is 0 Å². The molecular weight excluding hydrogens is 403 g/mol. The molecule has 0 spiro atoms. The molecule has 1 fully saturated rings. The summed E-state index contributed by atoms with van der Waals surface area (Å²) in [5, 5.41) is 0. The zero-order valence-corrected chi connectivity index (χ0v) is 19.3. The normalized spacial score (nSPS) is 18.5. The highest BCUT2D eigenvalue weighted by Crippen LogP contribution is 2.53. The molecule has 1 aliphatic rings. The van der Waals surface area contributed by atoms with Crippen molar-refractivity contribution in [2.45, 2.75) is 69.9 Å². The van der Waals surface area contributed by atoms with Crippen LogP contribution in [0, 0.1) is 5.41 Å². The maximum absolute atomic E-state index is 14.1. The van der Waals surface area contributed by atoms with Crippen molar-refractivity contribution >= 4 is 8.32 Å². The summed E-state index contributed by atoms with van der Waals surface area (Å²) in [5.74, 6) is 0. The van der Waals surface area contributed by atoms with E-state index in [1.165, 1.54) is 11.1 Å². The summed E-state index contributed by atoms with van der Waals surface area (Å²) in [6.07, 6.45) is -1.63. The molecule has 3 N–H and O–H groups in total. The van der Waals surface area contributed by atoms with Crippen LogP contribution in [-0.4, -0.2) is 20.1 Å². The average molecular weight is 438 g/mol. The third kappa shape index (κ3) is 5.96. The number of benzene rings is 2. The van der Waals surface area contributed by atoms with Crippen molar-refractivity contribution in [1.29, 1.82) is 0 Å². The van der Waals surface area contributed by atoms with Gasteiger partial charge in [0.25, 0.3) is 0 Å². The fraction of sp³-hybridized carbons (Fsp3) is 0.500. The summed E-state index contributed by atoms with van der Waals surface area (Å²) in [6, 6.07) is 20.3. The summed E-state index contributed by atoms with van der Waals surface area (Å²) in [5.41, 5.74) is 0.206. The third-order valence-electron chi connectivity index (χ3n) is 5.98. The topological polar surface area (TPSA) is 44.2 Å². The van der Waals surface area contributed by atoms with Crippen LogP contribution in [0.2, 0.25) is 19.6 Å². The largest absolute Gasteiger partial charge is 0.416 e. The standard InChI is InChI=1S/C24H31F3OSi.H3N/c1-29(2,3)28-23(24(25,26)27)16-14-22(15-17-23,18-20-10-6-4-7-11-20)19-21-12-8-5-9-13-21;/h4-13H,14-19H2,1-3H3;1H3. The fourth-order valence-electron chi connectivity index (χ4n) is 4.69. The van der Waals surface area contributed by atoms with Gasteiger partial charge in [-0.25, -0.2) is 0 Å². The summed E-state index contributed by atoms with van der Waals surface area (Å²) < 4.78 is 48.2. The molecule has 6 heteroatoms. The number of alkyl halides is 3. The van der Waals surface area contributed by atoms with Gasteiger partial charge in [0, 0.05) is 0 Å². The number of halogens is 3. The van der Waals surface area contributed by atoms with E-state index in [0.29, 0.717) is 12.8 Å². The second-order valence-corrected chi connectivity index (χ2v) is 14.0. The maximum Gasteiger partial charge on any atom is 0.416 e. The second-order valence-electron chi connectivity index (χ2n) is 9.53. The Morgan fingerprint density at radius 2 is 1.17 bits per heavy atom. The summed E-state index contributed by atoms with van der Waals surface area (Å²) in [7, 11) is -2.34. The lowest BCUT2D eigenvalue weighted by molar-refractivity contribution is -0.267. The first-order chi connectivity index (χ1) is 13.5. The highest BCUT2D eigenvalue weighted by Gasteiger charge is 2.60. The molecule has 2 aromatic rings. The smallest absolute Gasteiger partial charge is 0.404 e. The van der Waals surface area contributed by atoms with Gasteiger partial charge in [0.2, 0.25) is 0 Å². The molecule has 30 heavy (non-hydrogen) atoms. The molecule has 1 aliphatic carbocycles. The molecule has 166 valence electrons. The molecule has 2 nitrogen and oxygen atoms in total. The minimum absolute atomic E-state index is 0. The van der Waals surface area contributed by atoms with Crippen LogP contribution in [0.4, 0.5) is 13.2 Å². The van der Waals surface area contributed by atoms with Crippen molar-refractivity contribution in [1.82, 2.24) is 6.15 Å². The Bertz CT molecular complexity index is 736. The lowest BCUT2D eigenvalue weighted by Gasteiger charge is -2.49. The van der Waals surface area contributed by atoms with Gasteiger partial charge in [-0.3, -0.25) is 0 Å². The van der Waals surface area contributed by atoms with Crippen LogP contribution in [-0.2, 0) is 17.3 Å². The van der Waals surface area contributed by atoms with Gasteiger partial charge >= 0.3 is 6.18 Å². The molecule has 3 rings (SSSR count). The molecule has 0 amide bonds. The highest BCUT2D eigenvalue weighted by molar-refractivity contribution is 6.69. The van der Waals surface area contributed by atoms with Crippen LogP contribution in [0.3, 0.4) is 0 Å². The number of hydrogen-bond donors (Lipinski definition) is 1. The maximum atomic E-state index is 14.1. The molecule has 0 atom stereocenters. The number of rotatable bonds is 6. The zero-order valence-electron chi connectivity index (χ0n) is 18.3. The molecule has 0 heterocycles. The molecular formula is C24H34F3NOSi. The van der Waals surface area contributed by atoms with Gasteiger partial charge in [-0.2, -0.15) is 13.2 Å². The van der Waals surface area contributed by atoms with E-state index in [1.807, 2.05) is 56.0 Å². The van der Waals surface area contributed by atoms with Gasteiger partial charge in [0.15, 0.2) is 13.9 Å². The van der Waals surface area contributed by atoms with Crippen molar-refractivity contribution in [2.75, 3.05) is 0 Å². The zero-order chi connectivity index (χ0) is 21.2. The van der Waals surface area contributed by atoms with E-state index in [9.17, 15) is 13.2 Å². The summed E-state index contributed by atoms with van der Waals surface area (Å²) in [4.78, 5) is 0. The van der Waals surface area contributed by atoms with Crippen molar-refractivity contribution in [3.05, 3.63) is 71.8 Å². The number of hydrogen-bond acceptors (Lipinski definition) is 2. The Labute approximate surface area is 179 Å². The predicted molar refractivity (Wildman–Crippen MR) is 119 cm³/mol. The quantitative estimate of drug-likeness (QED) is 0.480. The first-order valence-corrected chi connectivity index (χ1v) is 13.8. The van der Waals surface area contributed by atoms with E-state index < -0.39 is 20.1 Å². The Hall–Kier alpha value is -1.63. The van der Waals surface area contributed by atoms with Gasteiger partial charge < -0.3 is 10.6 Å². The van der Waals surface area contributed by atoms with Crippen LogP contribution >= 0.6 is 0 Å². The highest BCUT2D eigenvalue weighted by atomic mass is 28.4. The Morgan fingerprint density at radius 1 is 0.767 bits per heavy atom. The molecule has 0 aliphatic heterocycles. The van der Waals surface area contributed by atoms with Crippen LogP contribution in [0.1, 0.15) is 36.8 Å². The lowest BCUT2D eigenvalue weighted by atomic mass is 9.63. The Kier molecular flexibility index (Phi) is 7.59. The monoisotopic (exact) mass is 437 g/mol. The van der Waals surface area contributed by atoms with Gasteiger partial charge in [0.1, 0.15) is 0 Å². The van der Waals surface area contributed by atoms with E-state index in [1.54, 1.807) is 0 Å². The summed E-state index contributed by atoms with van der Waals surface area (Å²) in [6.45, 7) is 5.53. The minimum atomic E-state index is -4.33. The predicted octanol–water partition coefficient (Wildman–Crippen LogP) is 7.35. The van der Waals surface area contributed by atoms with Gasteiger partial charge in [-0.05, 0) is 74.7 Å². The molecule has 0 saturated heterocycles. The Balaban J connectivity index is 0.00000320. The second kappa shape index (κ2) is 9.24. The van der Waals surface area contributed by atoms with E-state index >= 15 is 0 Å². The minimum Gasteiger partial charge on any atom is -0.404 e. The van der Waals surface area contributed by atoms with E-state index in [2.05, 4.69) is 24.3 Å². The van der Waals surface area contributed by atoms with Crippen LogP contribution in [0.25, 0.3) is 0 Å². The van der Waals surface area contributed by atoms with Crippen LogP contribution in [0.5, 0.6) is 0 Å². The SMILES string of the molecule is C[Si](C)(C)OC1(C(F)(F)F)CCC(Cc2ccccc2)(Cc2ccccc2)CC1.N. The molecule has 1 saturated carbocycles.